The van der Waals surface area contributed by atoms with Crippen LogP contribution in [0.25, 0.3) is 0 Å². The Hall–Kier alpha value is -2.33. The molecule has 168 valence electrons. The van der Waals surface area contributed by atoms with Crippen LogP contribution in [0.1, 0.15) is 38.7 Å². The Morgan fingerprint density at radius 2 is 1.67 bits per heavy atom. The minimum atomic E-state index is -5.85. The van der Waals surface area contributed by atoms with Gasteiger partial charge in [0.1, 0.15) is 17.8 Å². The Kier molecular flexibility index (Phi) is 6.72. The van der Waals surface area contributed by atoms with Gasteiger partial charge < -0.3 is 10.2 Å². The molecule has 1 aromatic carbocycles. The smallest absolute Gasteiger partial charge is 0.347 e. The van der Waals surface area contributed by atoms with Gasteiger partial charge in [-0.3, -0.25) is 4.79 Å². The van der Waals surface area contributed by atoms with Crippen LogP contribution in [0, 0.1) is 11.7 Å². The maximum atomic E-state index is 13.8. The predicted octanol–water partition coefficient (Wildman–Crippen LogP) is 4.65. The van der Waals surface area contributed by atoms with Gasteiger partial charge in [0.15, 0.2) is 0 Å². The SMILES string of the molecule is CC(C)CCCC(=O)N(C)C1NC(c2ccc(F)cc2)=NC1(C(F)(F)F)C(F)(F)F. The molecule has 30 heavy (non-hydrogen) atoms. The number of alkyl halides is 6. The summed E-state index contributed by atoms with van der Waals surface area (Å²) in [6.45, 7) is 3.77. The van der Waals surface area contributed by atoms with E-state index in [-0.39, 0.29) is 17.9 Å². The van der Waals surface area contributed by atoms with Gasteiger partial charge in [-0.1, -0.05) is 20.3 Å². The van der Waals surface area contributed by atoms with Crippen molar-refractivity contribution in [2.75, 3.05) is 7.05 Å². The molecule has 11 heteroatoms. The fraction of sp³-hybridized carbons (Fsp3) is 0.579. The van der Waals surface area contributed by atoms with Crippen LogP contribution in [-0.4, -0.2) is 47.7 Å². The molecule has 1 unspecified atom stereocenters. The second-order valence-electron chi connectivity index (χ2n) is 7.57. The highest BCUT2D eigenvalue weighted by molar-refractivity contribution is 6.01. The number of carbonyl (C=O) groups excluding carboxylic acids is 1. The number of halogens is 7. The molecule has 1 atom stereocenters. The first-order valence-electron chi connectivity index (χ1n) is 9.22. The number of nitrogens with zero attached hydrogens (tertiary/aromatic N) is 2. The van der Waals surface area contributed by atoms with Crippen molar-refractivity contribution in [2.24, 2.45) is 10.9 Å². The second kappa shape index (κ2) is 8.43. The van der Waals surface area contributed by atoms with E-state index in [1.807, 2.05) is 13.8 Å². The van der Waals surface area contributed by atoms with Gasteiger partial charge in [-0.15, -0.1) is 0 Å². The summed E-state index contributed by atoms with van der Waals surface area (Å²) in [7, 11) is 0.880. The lowest BCUT2D eigenvalue weighted by Gasteiger charge is -2.40. The van der Waals surface area contributed by atoms with Crippen molar-refractivity contribution in [2.45, 2.75) is 57.2 Å². The Labute approximate surface area is 169 Å². The number of hydrogen-bond acceptors (Lipinski definition) is 3. The number of amidine groups is 1. The first-order valence-corrected chi connectivity index (χ1v) is 9.22. The molecule has 0 aliphatic carbocycles. The van der Waals surface area contributed by atoms with Gasteiger partial charge in [-0.05, 0) is 36.6 Å². The van der Waals surface area contributed by atoms with E-state index in [9.17, 15) is 35.5 Å². The zero-order chi connectivity index (χ0) is 22.9. The van der Waals surface area contributed by atoms with E-state index < -0.39 is 41.6 Å². The van der Waals surface area contributed by atoms with Crippen molar-refractivity contribution in [1.29, 1.82) is 0 Å². The van der Waals surface area contributed by atoms with Gasteiger partial charge in [-0.25, -0.2) is 9.38 Å². The van der Waals surface area contributed by atoms with Crippen molar-refractivity contribution in [3.8, 4) is 0 Å². The van der Waals surface area contributed by atoms with Crippen molar-refractivity contribution in [3.63, 3.8) is 0 Å². The molecular formula is C19H22F7N3O. The van der Waals surface area contributed by atoms with Crippen molar-refractivity contribution < 1.29 is 35.5 Å². The lowest BCUT2D eigenvalue weighted by Crippen LogP contribution is -2.68. The average Bonchev–Trinajstić information content (AvgIpc) is 3.03. The van der Waals surface area contributed by atoms with E-state index in [4.69, 9.17) is 0 Å². The van der Waals surface area contributed by atoms with Crippen LogP contribution in [0.15, 0.2) is 29.3 Å². The van der Waals surface area contributed by atoms with E-state index in [1.54, 1.807) is 0 Å². The van der Waals surface area contributed by atoms with E-state index >= 15 is 0 Å². The number of likely N-dealkylation sites (N-methyl/N-ethyl adjacent to an activating group) is 1. The van der Waals surface area contributed by atoms with Gasteiger partial charge >= 0.3 is 12.4 Å². The third-order valence-electron chi connectivity index (χ3n) is 4.89. The highest BCUT2D eigenvalue weighted by Crippen LogP contribution is 2.51. The Balaban J connectivity index is 2.47. The molecule has 1 aliphatic rings. The fourth-order valence-corrected chi connectivity index (χ4v) is 3.22. The minimum absolute atomic E-state index is 0.169. The molecule has 0 radical (unpaired) electrons. The zero-order valence-corrected chi connectivity index (χ0v) is 16.5. The third-order valence-corrected chi connectivity index (χ3v) is 4.89. The van der Waals surface area contributed by atoms with Gasteiger partial charge in [0.2, 0.25) is 5.91 Å². The van der Waals surface area contributed by atoms with Crippen LogP contribution in [0.3, 0.4) is 0 Å². The van der Waals surface area contributed by atoms with E-state index in [2.05, 4.69) is 10.3 Å². The number of rotatable bonds is 6. The number of hydrogen-bond donors (Lipinski definition) is 1. The summed E-state index contributed by atoms with van der Waals surface area (Å²) >= 11 is 0. The summed E-state index contributed by atoms with van der Waals surface area (Å²) in [6, 6.07) is 3.78. The van der Waals surface area contributed by atoms with Gasteiger partial charge in [-0.2, -0.15) is 26.3 Å². The van der Waals surface area contributed by atoms with Crippen LogP contribution >= 0.6 is 0 Å². The molecule has 0 fully saturated rings. The summed E-state index contributed by atoms with van der Waals surface area (Å²) in [4.78, 5) is 15.8. The quantitative estimate of drug-likeness (QED) is 0.654. The van der Waals surface area contributed by atoms with Crippen LogP contribution in [-0.2, 0) is 4.79 Å². The molecule has 1 amide bonds. The molecule has 0 saturated heterocycles. The van der Waals surface area contributed by atoms with Gasteiger partial charge in [0.05, 0.1) is 0 Å². The molecule has 1 aromatic rings. The Bertz CT molecular complexity index is 771. The Morgan fingerprint density at radius 1 is 1.13 bits per heavy atom. The number of amides is 1. The van der Waals surface area contributed by atoms with E-state index in [0.29, 0.717) is 17.7 Å². The summed E-state index contributed by atoms with van der Waals surface area (Å²) < 4.78 is 96.1. The standard InChI is InChI=1S/C19H22F7N3O/c1-11(2)5-4-6-14(30)29(3)16-17(18(21,22)23,19(24,25)26)28-15(27-16)12-7-9-13(20)10-8-12/h7-11,16H,4-6H2,1-3H3,(H,27,28). The molecule has 0 aromatic heterocycles. The van der Waals surface area contributed by atoms with Crippen molar-refractivity contribution in [1.82, 2.24) is 10.2 Å². The summed E-state index contributed by atoms with van der Waals surface area (Å²) in [6.07, 6.45) is -13.5. The topological polar surface area (TPSA) is 44.7 Å². The lowest BCUT2D eigenvalue weighted by molar-refractivity contribution is -0.306. The van der Waals surface area contributed by atoms with Crippen molar-refractivity contribution in [3.05, 3.63) is 35.6 Å². The zero-order valence-electron chi connectivity index (χ0n) is 16.5. The Morgan fingerprint density at radius 3 is 2.13 bits per heavy atom. The predicted molar refractivity (Wildman–Crippen MR) is 96.2 cm³/mol. The average molecular weight is 441 g/mol. The monoisotopic (exact) mass is 441 g/mol. The first kappa shape index (κ1) is 23.9. The van der Waals surface area contributed by atoms with Crippen molar-refractivity contribution >= 4 is 11.7 Å². The largest absolute Gasteiger partial charge is 0.426 e. The van der Waals surface area contributed by atoms with Gasteiger partial charge in [0.25, 0.3) is 5.54 Å². The maximum absolute atomic E-state index is 13.8. The highest BCUT2D eigenvalue weighted by atomic mass is 19.4. The van der Waals surface area contributed by atoms with E-state index in [0.717, 1.165) is 31.3 Å². The van der Waals surface area contributed by atoms with Crippen LogP contribution in [0.2, 0.25) is 0 Å². The summed E-state index contributed by atoms with van der Waals surface area (Å²) in [5.41, 5.74) is -4.73. The molecule has 2 rings (SSSR count). The van der Waals surface area contributed by atoms with Crippen LogP contribution < -0.4 is 5.32 Å². The minimum Gasteiger partial charge on any atom is -0.347 e. The maximum Gasteiger partial charge on any atom is 0.426 e. The number of nitrogens with one attached hydrogen (secondary N) is 1. The van der Waals surface area contributed by atoms with E-state index in [1.165, 1.54) is 0 Å². The summed E-state index contributed by atoms with van der Waals surface area (Å²) in [5.74, 6) is -2.09. The molecule has 0 spiro atoms. The number of aliphatic imine (C=N–C) groups is 1. The van der Waals surface area contributed by atoms with Crippen LogP contribution in [0.4, 0.5) is 30.7 Å². The third kappa shape index (κ3) is 4.54. The van der Waals surface area contributed by atoms with Gasteiger partial charge in [0, 0.05) is 19.0 Å². The summed E-state index contributed by atoms with van der Waals surface area (Å²) in [5, 5.41) is 2.10. The molecular weight excluding hydrogens is 419 g/mol. The normalized spacial score (nSPS) is 18.9. The molecule has 1 N–H and O–H groups in total. The molecule has 4 nitrogen and oxygen atoms in total. The molecule has 0 bridgehead atoms. The lowest BCUT2D eigenvalue weighted by atomic mass is 9.94. The number of benzene rings is 1. The molecule has 1 aliphatic heterocycles. The number of carbonyl (C=O) groups is 1. The molecule has 0 saturated carbocycles. The van der Waals surface area contributed by atoms with Crippen LogP contribution in [0.5, 0.6) is 0 Å². The highest BCUT2D eigenvalue weighted by Gasteiger charge is 2.78. The first-order chi connectivity index (χ1) is 13.7. The second-order valence-corrected chi connectivity index (χ2v) is 7.57. The molecule has 1 heterocycles. The fourth-order valence-electron chi connectivity index (χ4n) is 3.22.